The van der Waals surface area contributed by atoms with E-state index in [0.29, 0.717) is 19.5 Å². The molecule has 1 amide bonds. The molecule has 1 heterocycles. The largest absolute Gasteiger partial charge is 0.481 e. The van der Waals surface area contributed by atoms with Crippen LogP contribution in [0.1, 0.15) is 32.8 Å². The number of carbonyl (C=O) groups is 2. The van der Waals surface area contributed by atoms with E-state index in [4.69, 9.17) is 4.74 Å². The zero-order valence-electron chi connectivity index (χ0n) is 14.9. The molecule has 2 atom stereocenters. The number of nitrogens with zero attached hydrogens (tertiary/aromatic N) is 1. The van der Waals surface area contributed by atoms with Crippen molar-refractivity contribution in [1.29, 1.82) is 0 Å². The van der Waals surface area contributed by atoms with Gasteiger partial charge in [0.15, 0.2) is 0 Å². The maximum Gasteiger partial charge on any atom is 0.410 e. The van der Waals surface area contributed by atoms with Crippen molar-refractivity contribution < 1.29 is 19.4 Å². The predicted molar refractivity (Wildman–Crippen MR) is 97.9 cm³/mol. The summed E-state index contributed by atoms with van der Waals surface area (Å²) in [6, 6.07) is 9.69. The molecular formula is C18H27ClN2O4. The molecule has 0 spiro atoms. The molecule has 6 nitrogen and oxygen atoms in total. The number of hydrogen-bond acceptors (Lipinski definition) is 4. The van der Waals surface area contributed by atoms with Crippen LogP contribution in [0.2, 0.25) is 0 Å². The molecule has 1 aromatic rings. The van der Waals surface area contributed by atoms with Gasteiger partial charge in [-0.1, -0.05) is 30.3 Å². The number of amides is 1. The second-order valence-corrected chi connectivity index (χ2v) is 7.13. The van der Waals surface area contributed by atoms with Gasteiger partial charge < -0.3 is 20.1 Å². The number of carboxylic acids is 1. The Bertz CT molecular complexity index is 574. The van der Waals surface area contributed by atoms with Crippen LogP contribution in [-0.4, -0.2) is 46.8 Å². The molecule has 1 aliphatic rings. The highest BCUT2D eigenvalue weighted by molar-refractivity contribution is 5.85. The fourth-order valence-corrected chi connectivity index (χ4v) is 2.78. The van der Waals surface area contributed by atoms with Crippen LogP contribution in [0.15, 0.2) is 30.3 Å². The Kier molecular flexibility index (Phi) is 7.70. The molecule has 7 heteroatoms. The van der Waals surface area contributed by atoms with Crippen molar-refractivity contribution in [1.82, 2.24) is 10.2 Å². The Morgan fingerprint density at radius 2 is 1.92 bits per heavy atom. The third kappa shape index (κ3) is 6.55. The zero-order chi connectivity index (χ0) is 17.7. The maximum absolute atomic E-state index is 12.2. The highest BCUT2D eigenvalue weighted by Gasteiger charge is 2.37. The van der Waals surface area contributed by atoms with Crippen LogP contribution in [0.4, 0.5) is 4.79 Å². The SMILES string of the molecule is CC(C)(C)OC(=O)N1CCC(NCc2ccccc2)C(C(=O)O)C1.Cl. The first-order valence-electron chi connectivity index (χ1n) is 8.24. The normalized spacial score (nSPS) is 20.5. The van der Waals surface area contributed by atoms with Gasteiger partial charge in [0.1, 0.15) is 5.60 Å². The van der Waals surface area contributed by atoms with Crippen LogP contribution < -0.4 is 5.32 Å². The molecule has 140 valence electrons. The lowest BCUT2D eigenvalue weighted by molar-refractivity contribution is -0.144. The molecule has 0 saturated carbocycles. The summed E-state index contributed by atoms with van der Waals surface area (Å²) >= 11 is 0. The molecular weight excluding hydrogens is 344 g/mol. The number of halogens is 1. The van der Waals surface area contributed by atoms with Crippen LogP contribution in [0, 0.1) is 5.92 Å². The van der Waals surface area contributed by atoms with Crippen LogP contribution in [0.5, 0.6) is 0 Å². The highest BCUT2D eigenvalue weighted by Crippen LogP contribution is 2.21. The minimum Gasteiger partial charge on any atom is -0.481 e. The van der Waals surface area contributed by atoms with Gasteiger partial charge in [0, 0.05) is 25.7 Å². The van der Waals surface area contributed by atoms with Gasteiger partial charge in [0.05, 0.1) is 5.92 Å². The zero-order valence-corrected chi connectivity index (χ0v) is 15.7. The second kappa shape index (κ2) is 9.06. The molecule has 0 aromatic heterocycles. The van der Waals surface area contributed by atoms with Crippen molar-refractivity contribution in [2.45, 2.75) is 45.4 Å². The smallest absolute Gasteiger partial charge is 0.410 e. The average Bonchev–Trinajstić information content (AvgIpc) is 2.52. The lowest BCUT2D eigenvalue weighted by atomic mass is 9.92. The number of benzene rings is 1. The van der Waals surface area contributed by atoms with Crippen LogP contribution in [-0.2, 0) is 16.1 Å². The molecule has 1 fully saturated rings. The maximum atomic E-state index is 12.2. The third-order valence-corrected chi connectivity index (χ3v) is 3.99. The molecule has 1 aliphatic heterocycles. The molecule has 2 N–H and O–H groups in total. The molecule has 2 rings (SSSR count). The predicted octanol–water partition coefficient (Wildman–Crippen LogP) is 2.91. The van der Waals surface area contributed by atoms with Gasteiger partial charge in [0.2, 0.25) is 0 Å². The Hall–Kier alpha value is -1.79. The molecule has 25 heavy (non-hydrogen) atoms. The van der Waals surface area contributed by atoms with E-state index in [2.05, 4.69) is 5.32 Å². The topological polar surface area (TPSA) is 78.9 Å². The van der Waals surface area contributed by atoms with Crippen molar-refractivity contribution in [2.75, 3.05) is 13.1 Å². The number of hydrogen-bond donors (Lipinski definition) is 2. The molecule has 0 aliphatic carbocycles. The van der Waals surface area contributed by atoms with E-state index in [1.54, 1.807) is 20.8 Å². The van der Waals surface area contributed by atoms with Crippen molar-refractivity contribution in [3.05, 3.63) is 35.9 Å². The number of ether oxygens (including phenoxy) is 1. The summed E-state index contributed by atoms with van der Waals surface area (Å²) in [5.41, 5.74) is 0.522. The number of carboxylic acid groups (broad SMARTS) is 1. The standard InChI is InChI=1S/C18H26N2O4.ClH/c1-18(2,3)24-17(23)20-10-9-15(14(12-20)16(21)22)19-11-13-7-5-4-6-8-13;/h4-8,14-15,19H,9-12H2,1-3H3,(H,21,22);1H. The van der Waals surface area contributed by atoms with Gasteiger partial charge in [-0.25, -0.2) is 4.79 Å². The molecule has 1 saturated heterocycles. The lowest BCUT2D eigenvalue weighted by Gasteiger charge is -2.37. The fourth-order valence-electron chi connectivity index (χ4n) is 2.78. The van der Waals surface area contributed by atoms with Gasteiger partial charge in [-0.15, -0.1) is 12.4 Å². The Morgan fingerprint density at radius 3 is 2.48 bits per heavy atom. The number of likely N-dealkylation sites (tertiary alicyclic amines) is 1. The average molecular weight is 371 g/mol. The van der Waals surface area contributed by atoms with Gasteiger partial charge in [0.25, 0.3) is 0 Å². The number of piperidine rings is 1. The first kappa shape index (κ1) is 21.3. The van der Waals surface area contributed by atoms with Gasteiger partial charge in [-0.3, -0.25) is 4.79 Å². The number of rotatable bonds is 4. The van der Waals surface area contributed by atoms with E-state index in [1.165, 1.54) is 4.90 Å². The highest BCUT2D eigenvalue weighted by atomic mass is 35.5. The van der Waals surface area contributed by atoms with Crippen molar-refractivity contribution in [3.8, 4) is 0 Å². The van der Waals surface area contributed by atoms with Crippen LogP contribution >= 0.6 is 12.4 Å². The first-order valence-corrected chi connectivity index (χ1v) is 8.24. The van der Waals surface area contributed by atoms with E-state index in [-0.39, 0.29) is 25.0 Å². The number of aliphatic carboxylic acids is 1. The summed E-state index contributed by atoms with van der Waals surface area (Å²) in [5.74, 6) is -1.54. The van der Waals surface area contributed by atoms with E-state index < -0.39 is 23.6 Å². The minimum absolute atomic E-state index is 0. The summed E-state index contributed by atoms with van der Waals surface area (Å²) < 4.78 is 5.34. The third-order valence-electron chi connectivity index (χ3n) is 3.99. The summed E-state index contributed by atoms with van der Waals surface area (Å²) in [7, 11) is 0. The van der Waals surface area contributed by atoms with Crippen LogP contribution in [0.3, 0.4) is 0 Å². The van der Waals surface area contributed by atoms with E-state index in [1.807, 2.05) is 30.3 Å². The van der Waals surface area contributed by atoms with Gasteiger partial charge in [-0.2, -0.15) is 0 Å². The summed E-state index contributed by atoms with van der Waals surface area (Å²) in [4.78, 5) is 25.3. The Morgan fingerprint density at radius 1 is 1.28 bits per heavy atom. The lowest BCUT2D eigenvalue weighted by Crippen LogP contribution is -2.54. The Balaban J connectivity index is 0.00000312. The quantitative estimate of drug-likeness (QED) is 0.851. The van der Waals surface area contributed by atoms with Crippen molar-refractivity contribution in [2.24, 2.45) is 5.92 Å². The summed E-state index contributed by atoms with van der Waals surface area (Å²) in [6.45, 7) is 6.67. The fraction of sp³-hybridized carbons (Fsp3) is 0.556. The summed E-state index contributed by atoms with van der Waals surface area (Å²) in [5, 5.41) is 12.8. The molecule has 1 aromatic carbocycles. The van der Waals surface area contributed by atoms with E-state index in [0.717, 1.165) is 5.56 Å². The monoisotopic (exact) mass is 370 g/mol. The number of carbonyl (C=O) groups excluding carboxylic acids is 1. The van der Waals surface area contributed by atoms with Gasteiger partial charge >= 0.3 is 12.1 Å². The Labute approximate surface area is 154 Å². The minimum atomic E-state index is -0.895. The van der Waals surface area contributed by atoms with E-state index >= 15 is 0 Å². The van der Waals surface area contributed by atoms with E-state index in [9.17, 15) is 14.7 Å². The van der Waals surface area contributed by atoms with Crippen molar-refractivity contribution >= 4 is 24.5 Å². The first-order chi connectivity index (χ1) is 11.3. The molecule has 0 bridgehead atoms. The molecule has 2 unspecified atom stereocenters. The summed E-state index contributed by atoms with van der Waals surface area (Å²) in [6.07, 6.45) is 0.138. The van der Waals surface area contributed by atoms with Crippen LogP contribution in [0.25, 0.3) is 0 Å². The number of nitrogens with one attached hydrogen (secondary N) is 1. The van der Waals surface area contributed by atoms with Gasteiger partial charge in [-0.05, 0) is 32.8 Å². The second-order valence-electron chi connectivity index (χ2n) is 7.13. The van der Waals surface area contributed by atoms with Crippen molar-refractivity contribution in [3.63, 3.8) is 0 Å². The molecule has 0 radical (unpaired) electrons.